The van der Waals surface area contributed by atoms with E-state index in [9.17, 15) is 4.79 Å². The van der Waals surface area contributed by atoms with Crippen LogP contribution in [0.15, 0.2) is 0 Å². The Kier molecular flexibility index (Phi) is 5.60. The molecular weight excluding hydrogens is 178 g/mol. The van der Waals surface area contributed by atoms with Crippen LogP contribution in [0, 0.1) is 0 Å². The van der Waals surface area contributed by atoms with E-state index >= 15 is 0 Å². The zero-order chi connectivity index (χ0) is 10.2. The highest BCUT2D eigenvalue weighted by atomic mass is 16.5. The van der Waals surface area contributed by atoms with Crippen LogP contribution in [0.3, 0.4) is 0 Å². The average Bonchev–Trinajstić information content (AvgIpc) is 2.23. The molecule has 0 saturated carbocycles. The molecule has 14 heavy (non-hydrogen) atoms. The standard InChI is InChI=1S/C11H21NO2/c1-14-11-9-7-5-3-2-4-6-8-10(13)12-11/h11H,2-9H2,1H3,(H,12,13). The Morgan fingerprint density at radius 3 is 2.50 bits per heavy atom. The van der Waals surface area contributed by atoms with E-state index < -0.39 is 0 Å². The van der Waals surface area contributed by atoms with Gasteiger partial charge in [-0.05, 0) is 19.3 Å². The van der Waals surface area contributed by atoms with Gasteiger partial charge in [0.1, 0.15) is 6.23 Å². The number of hydrogen-bond donors (Lipinski definition) is 1. The van der Waals surface area contributed by atoms with Crippen molar-refractivity contribution >= 4 is 5.91 Å². The van der Waals surface area contributed by atoms with Gasteiger partial charge in [-0.2, -0.15) is 0 Å². The van der Waals surface area contributed by atoms with Crippen LogP contribution in [0.5, 0.6) is 0 Å². The first-order valence-electron chi connectivity index (χ1n) is 5.65. The highest BCUT2D eigenvalue weighted by Gasteiger charge is 2.11. The molecule has 1 unspecified atom stereocenters. The monoisotopic (exact) mass is 199 g/mol. The summed E-state index contributed by atoms with van der Waals surface area (Å²) in [6, 6.07) is 0. The van der Waals surface area contributed by atoms with Crippen LogP contribution in [-0.2, 0) is 9.53 Å². The summed E-state index contributed by atoms with van der Waals surface area (Å²) in [6.45, 7) is 0. The number of ether oxygens (including phenoxy) is 1. The van der Waals surface area contributed by atoms with Gasteiger partial charge in [-0.1, -0.05) is 25.7 Å². The molecule has 1 fully saturated rings. The molecular formula is C11H21NO2. The topological polar surface area (TPSA) is 38.3 Å². The molecule has 1 amide bonds. The third kappa shape index (κ3) is 4.61. The van der Waals surface area contributed by atoms with Crippen LogP contribution in [0.1, 0.15) is 51.4 Å². The van der Waals surface area contributed by atoms with Crippen LogP contribution in [0.25, 0.3) is 0 Å². The molecule has 82 valence electrons. The lowest BCUT2D eigenvalue weighted by Crippen LogP contribution is -2.35. The number of amides is 1. The van der Waals surface area contributed by atoms with Crippen molar-refractivity contribution in [3.8, 4) is 0 Å². The fourth-order valence-corrected chi connectivity index (χ4v) is 1.82. The van der Waals surface area contributed by atoms with Gasteiger partial charge in [-0.3, -0.25) is 4.79 Å². The fraction of sp³-hybridized carbons (Fsp3) is 0.909. The van der Waals surface area contributed by atoms with E-state index in [0.29, 0.717) is 6.42 Å². The van der Waals surface area contributed by atoms with Crippen molar-refractivity contribution in [2.24, 2.45) is 0 Å². The molecule has 1 N–H and O–H groups in total. The molecule has 1 heterocycles. The normalized spacial score (nSPS) is 26.4. The van der Waals surface area contributed by atoms with Crippen LogP contribution in [0.4, 0.5) is 0 Å². The van der Waals surface area contributed by atoms with E-state index in [1.54, 1.807) is 7.11 Å². The lowest BCUT2D eigenvalue weighted by molar-refractivity contribution is -0.125. The molecule has 1 aliphatic rings. The third-order valence-corrected chi connectivity index (χ3v) is 2.73. The van der Waals surface area contributed by atoms with E-state index in [4.69, 9.17) is 4.74 Å². The summed E-state index contributed by atoms with van der Waals surface area (Å²) in [4.78, 5) is 11.4. The van der Waals surface area contributed by atoms with E-state index in [2.05, 4.69) is 5.32 Å². The van der Waals surface area contributed by atoms with E-state index in [1.807, 2.05) is 0 Å². The predicted molar refractivity (Wildman–Crippen MR) is 55.9 cm³/mol. The fourth-order valence-electron chi connectivity index (χ4n) is 1.82. The van der Waals surface area contributed by atoms with E-state index in [1.165, 1.54) is 25.7 Å². The molecule has 1 atom stereocenters. The largest absolute Gasteiger partial charge is 0.362 e. The molecule has 0 radical (unpaired) electrons. The summed E-state index contributed by atoms with van der Waals surface area (Å²) in [5.41, 5.74) is 0. The van der Waals surface area contributed by atoms with Gasteiger partial charge in [0.2, 0.25) is 5.91 Å². The van der Waals surface area contributed by atoms with Crippen LogP contribution in [-0.4, -0.2) is 19.2 Å². The second-order valence-corrected chi connectivity index (χ2v) is 3.95. The molecule has 0 aromatic rings. The number of carbonyl (C=O) groups is 1. The molecule has 1 aliphatic heterocycles. The molecule has 3 heteroatoms. The summed E-state index contributed by atoms with van der Waals surface area (Å²) in [6.07, 6.45) is 8.71. The second-order valence-electron chi connectivity index (χ2n) is 3.95. The Morgan fingerprint density at radius 1 is 1.14 bits per heavy atom. The molecule has 0 aromatic carbocycles. The summed E-state index contributed by atoms with van der Waals surface area (Å²) in [7, 11) is 1.66. The first-order chi connectivity index (χ1) is 6.83. The van der Waals surface area contributed by atoms with Crippen molar-refractivity contribution < 1.29 is 9.53 Å². The highest BCUT2D eigenvalue weighted by Crippen LogP contribution is 2.12. The van der Waals surface area contributed by atoms with Crippen molar-refractivity contribution in [2.75, 3.05) is 7.11 Å². The van der Waals surface area contributed by atoms with Crippen molar-refractivity contribution in [2.45, 2.75) is 57.6 Å². The van der Waals surface area contributed by atoms with E-state index in [-0.39, 0.29) is 12.1 Å². The maximum atomic E-state index is 11.4. The zero-order valence-corrected chi connectivity index (χ0v) is 9.05. The summed E-state index contributed by atoms with van der Waals surface area (Å²) < 4.78 is 5.20. The number of rotatable bonds is 1. The van der Waals surface area contributed by atoms with Gasteiger partial charge in [0.25, 0.3) is 0 Å². The molecule has 0 aromatic heterocycles. The zero-order valence-electron chi connectivity index (χ0n) is 9.05. The van der Waals surface area contributed by atoms with Crippen LogP contribution >= 0.6 is 0 Å². The number of nitrogens with one attached hydrogen (secondary N) is 1. The van der Waals surface area contributed by atoms with Crippen molar-refractivity contribution in [3.05, 3.63) is 0 Å². The van der Waals surface area contributed by atoms with Gasteiger partial charge in [0, 0.05) is 13.5 Å². The van der Waals surface area contributed by atoms with Gasteiger partial charge >= 0.3 is 0 Å². The Morgan fingerprint density at radius 2 is 1.79 bits per heavy atom. The Labute approximate surface area is 86.2 Å². The van der Waals surface area contributed by atoms with Crippen LogP contribution in [0.2, 0.25) is 0 Å². The highest BCUT2D eigenvalue weighted by molar-refractivity contribution is 5.75. The molecule has 3 nitrogen and oxygen atoms in total. The Balaban J connectivity index is 2.35. The average molecular weight is 199 g/mol. The van der Waals surface area contributed by atoms with E-state index in [0.717, 1.165) is 19.3 Å². The maximum absolute atomic E-state index is 11.4. The smallest absolute Gasteiger partial charge is 0.221 e. The summed E-state index contributed by atoms with van der Waals surface area (Å²) >= 11 is 0. The van der Waals surface area contributed by atoms with Gasteiger partial charge in [0.15, 0.2) is 0 Å². The minimum absolute atomic E-state index is 0.0689. The SMILES string of the molecule is COC1CCCCCCCCC(=O)N1. The van der Waals surface area contributed by atoms with Gasteiger partial charge in [-0.15, -0.1) is 0 Å². The molecule has 1 saturated heterocycles. The number of carbonyl (C=O) groups excluding carboxylic acids is 1. The quantitative estimate of drug-likeness (QED) is 0.703. The lowest BCUT2D eigenvalue weighted by Gasteiger charge is -2.16. The summed E-state index contributed by atoms with van der Waals surface area (Å²) in [5.74, 6) is 0.138. The van der Waals surface area contributed by atoms with Gasteiger partial charge in [0.05, 0.1) is 0 Å². The lowest BCUT2D eigenvalue weighted by atomic mass is 10.1. The molecule has 0 aliphatic carbocycles. The molecule has 1 rings (SSSR count). The second kappa shape index (κ2) is 6.82. The first kappa shape index (κ1) is 11.5. The van der Waals surface area contributed by atoms with Crippen molar-refractivity contribution in [1.29, 1.82) is 0 Å². The minimum Gasteiger partial charge on any atom is -0.362 e. The van der Waals surface area contributed by atoms with Gasteiger partial charge in [-0.25, -0.2) is 0 Å². The molecule has 0 bridgehead atoms. The minimum atomic E-state index is -0.0689. The number of methoxy groups -OCH3 is 1. The van der Waals surface area contributed by atoms with Crippen molar-refractivity contribution in [1.82, 2.24) is 5.32 Å². The maximum Gasteiger partial charge on any atom is 0.221 e. The summed E-state index contributed by atoms with van der Waals surface area (Å²) in [5, 5.41) is 2.90. The Bertz CT molecular complexity index is 171. The third-order valence-electron chi connectivity index (χ3n) is 2.73. The first-order valence-corrected chi connectivity index (χ1v) is 5.65. The van der Waals surface area contributed by atoms with Crippen molar-refractivity contribution in [3.63, 3.8) is 0 Å². The van der Waals surface area contributed by atoms with Gasteiger partial charge < -0.3 is 10.1 Å². The predicted octanol–water partition coefficient (Wildman–Crippen LogP) is 2.21. The molecule has 0 spiro atoms. The van der Waals surface area contributed by atoms with Crippen LogP contribution < -0.4 is 5.32 Å². The number of hydrogen-bond acceptors (Lipinski definition) is 2. The Hall–Kier alpha value is -0.570.